The van der Waals surface area contributed by atoms with Gasteiger partial charge in [-0.2, -0.15) is 0 Å². The lowest BCUT2D eigenvalue weighted by Gasteiger charge is -2.48. The largest absolute Gasteiger partial charge is 0.481 e. The standard InChI is InChI=1S/C18H30O3/c1-13-5-6-15(17(19)20)16(11-13)14-7-10-21-18(12-14)8-3-2-4-9-18/h13-16H,2-12H2,1H3,(H,19,20). The van der Waals surface area contributed by atoms with Gasteiger partial charge in [-0.3, -0.25) is 4.79 Å². The van der Waals surface area contributed by atoms with Crippen LogP contribution in [0, 0.1) is 23.7 Å². The highest BCUT2D eigenvalue weighted by Gasteiger charge is 2.45. The first-order valence-electron chi connectivity index (χ1n) is 8.96. The van der Waals surface area contributed by atoms with Gasteiger partial charge in [-0.25, -0.2) is 0 Å². The summed E-state index contributed by atoms with van der Waals surface area (Å²) >= 11 is 0. The van der Waals surface area contributed by atoms with E-state index in [1.807, 2.05) is 0 Å². The Labute approximate surface area is 128 Å². The van der Waals surface area contributed by atoms with E-state index in [1.165, 1.54) is 32.1 Å². The van der Waals surface area contributed by atoms with E-state index in [0.29, 0.717) is 17.8 Å². The molecule has 1 spiro atoms. The van der Waals surface area contributed by atoms with Crippen molar-refractivity contribution >= 4 is 5.97 Å². The molecular weight excluding hydrogens is 264 g/mol. The Morgan fingerprint density at radius 1 is 1.14 bits per heavy atom. The lowest BCUT2D eigenvalue weighted by atomic mass is 9.64. The monoisotopic (exact) mass is 294 g/mol. The van der Waals surface area contributed by atoms with E-state index in [4.69, 9.17) is 4.74 Å². The molecule has 0 aromatic heterocycles. The van der Waals surface area contributed by atoms with Crippen molar-refractivity contribution in [1.82, 2.24) is 0 Å². The van der Waals surface area contributed by atoms with Crippen molar-refractivity contribution in [1.29, 1.82) is 0 Å². The number of hydrogen-bond donors (Lipinski definition) is 1. The molecule has 3 rings (SSSR count). The quantitative estimate of drug-likeness (QED) is 0.828. The molecule has 4 unspecified atom stereocenters. The lowest BCUT2D eigenvalue weighted by molar-refractivity contribution is -0.154. The molecule has 4 atom stereocenters. The highest BCUT2D eigenvalue weighted by atomic mass is 16.5. The number of carboxylic acids is 1. The first-order valence-corrected chi connectivity index (χ1v) is 8.96. The molecule has 2 aliphatic carbocycles. The van der Waals surface area contributed by atoms with E-state index < -0.39 is 5.97 Å². The molecule has 1 aliphatic heterocycles. The highest BCUT2D eigenvalue weighted by molar-refractivity contribution is 5.70. The van der Waals surface area contributed by atoms with E-state index in [9.17, 15) is 9.90 Å². The first-order chi connectivity index (χ1) is 10.1. The Balaban J connectivity index is 1.72. The summed E-state index contributed by atoms with van der Waals surface area (Å²) in [6.07, 6.45) is 11.6. The van der Waals surface area contributed by atoms with Crippen molar-refractivity contribution in [3.05, 3.63) is 0 Å². The molecule has 21 heavy (non-hydrogen) atoms. The van der Waals surface area contributed by atoms with E-state index in [1.54, 1.807) is 0 Å². The summed E-state index contributed by atoms with van der Waals surface area (Å²) in [7, 11) is 0. The molecular formula is C18H30O3. The van der Waals surface area contributed by atoms with Crippen LogP contribution in [0.25, 0.3) is 0 Å². The van der Waals surface area contributed by atoms with Gasteiger partial charge in [-0.05, 0) is 62.7 Å². The summed E-state index contributed by atoms with van der Waals surface area (Å²) in [6, 6.07) is 0. The summed E-state index contributed by atoms with van der Waals surface area (Å²) < 4.78 is 6.20. The van der Waals surface area contributed by atoms with Gasteiger partial charge in [0.2, 0.25) is 0 Å². The van der Waals surface area contributed by atoms with Crippen molar-refractivity contribution in [3.8, 4) is 0 Å². The normalized spacial score (nSPS) is 40.0. The van der Waals surface area contributed by atoms with Gasteiger partial charge < -0.3 is 9.84 Å². The van der Waals surface area contributed by atoms with Gasteiger partial charge in [-0.1, -0.05) is 26.2 Å². The Bertz CT molecular complexity index is 367. The number of rotatable bonds is 2. The molecule has 120 valence electrons. The molecule has 3 aliphatic rings. The second-order valence-electron chi connectivity index (χ2n) is 7.87. The molecule has 1 N–H and O–H groups in total. The van der Waals surface area contributed by atoms with Crippen molar-refractivity contribution in [2.75, 3.05) is 6.61 Å². The fraction of sp³-hybridized carbons (Fsp3) is 0.944. The topological polar surface area (TPSA) is 46.5 Å². The number of aliphatic carboxylic acids is 1. The zero-order chi connectivity index (χ0) is 14.9. The Morgan fingerprint density at radius 2 is 1.90 bits per heavy atom. The molecule has 1 saturated heterocycles. The van der Waals surface area contributed by atoms with Crippen LogP contribution in [0.1, 0.15) is 71.1 Å². The zero-order valence-corrected chi connectivity index (χ0v) is 13.4. The van der Waals surface area contributed by atoms with Gasteiger partial charge >= 0.3 is 5.97 Å². The van der Waals surface area contributed by atoms with Crippen LogP contribution in [-0.4, -0.2) is 23.3 Å². The summed E-state index contributed by atoms with van der Waals surface area (Å²) in [5.74, 6) is 0.978. The van der Waals surface area contributed by atoms with E-state index in [-0.39, 0.29) is 11.5 Å². The summed E-state index contributed by atoms with van der Waals surface area (Å²) in [4.78, 5) is 11.7. The molecule has 3 heteroatoms. The first kappa shape index (κ1) is 15.3. The van der Waals surface area contributed by atoms with Crippen LogP contribution < -0.4 is 0 Å². The predicted molar refractivity (Wildman–Crippen MR) is 82.1 cm³/mol. The second kappa shape index (κ2) is 6.28. The van der Waals surface area contributed by atoms with Gasteiger partial charge in [0.15, 0.2) is 0 Å². The van der Waals surface area contributed by atoms with E-state index in [0.717, 1.165) is 38.7 Å². The SMILES string of the molecule is CC1CCC(C(=O)O)C(C2CCOC3(CCCCC3)C2)C1. The molecule has 2 saturated carbocycles. The maximum absolute atomic E-state index is 11.7. The van der Waals surface area contributed by atoms with Crippen LogP contribution in [0.5, 0.6) is 0 Å². The lowest BCUT2D eigenvalue weighted by Crippen LogP contribution is -2.46. The molecule has 3 fully saturated rings. The summed E-state index contributed by atoms with van der Waals surface area (Å²) in [5.41, 5.74) is 0.102. The van der Waals surface area contributed by atoms with Gasteiger partial charge in [0, 0.05) is 6.61 Å². The van der Waals surface area contributed by atoms with E-state index >= 15 is 0 Å². The summed E-state index contributed by atoms with van der Waals surface area (Å²) in [5, 5.41) is 9.60. The van der Waals surface area contributed by atoms with Crippen molar-refractivity contribution in [3.63, 3.8) is 0 Å². The van der Waals surface area contributed by atoms with Crippen molar-refractivity contribution in [2.45, 2.75) is 76.7 Å². The van der Waals surface area contributed by atoms with Crippen LogP contribution in [0.4, 0.5) is 0 Å². The van der Waals surface area contributed by atoms with Crippen LogP contribution in [0.3, 0.4) is 0 Å². The fourth-order valence-corrected chi connectivity index (χ4v) is 5.23. The molecule has 1 heterocycles. The predicted octanol–water partition coefficient (Wildman–Crippen LogP) is 4.25. The zero-order valence-electron chi connectivity index (χ0n) is 13.4. The molecule has 0 amide bonds. The minimum absolute atomic E-state index is 0.102. The second-order valence-corrected chi connectivity index (χ2v) is 7.87. The molecule has 3 nitrogen and oxygen atoms in total. The van der Waals surface area contributed by atoms with Gasteiger partial charge in [0.1, 0.15) is 0 Å². The van der Waals surface area contributed by atoms with Crippen molar-refractivity contribution < 1.29 is 14.6 Å². The molecule has 0 bridgehead atoms. The maximum atomic E-state index is 11.7. The number of carboxylic acid groups (broad SMARTS) is 1. The van der Waals surface area contributed by atoms with Crippen LogP contribution in [0.15, 0.2) is 0 Å². The minimum atomic E-state index is -0.559. The number of ether oxygens (including phenoxy) is 1. The van der Waals surface area contributed by atoms with Crippen LogP contribution in [0.2, 0.25) is 0 Å². The Kier molecular flexibility index (Phi) is 4.58. The van der Waals surface area contributed by atoms with Gasteiger partial charge in [0.25, 0.3) is 0 Å². The van der Waals surface area contributed by atoms with E-state index in [2.05, 4.69) is 6.92 Å². The number of hydrogen-bond acceptors (Lipinski definition) is 2. The number of carbonyl (C=O) groups is 1. The Hall–Kier alpha value is -0.570. The third-order valence-corrected chi connectivity index (χ3v) is 6.38. The molecule has 0 aromatic rings. The van der Waals surface area contributed by atoms with Crippen LogP contribution >= 0.6 is 0 Å². The van der Waals surface area contributed by atoms with Gasteiger partial charge in [-0.15, -0.1) is 0 Å². The van der Waals surface area contributed by atoms with Crippen LogP contribution in [-0.2, 0) is 9.53 Å². The molecule has 0 aromatic carbocycles. The average Bonchev–Trinajstić information content (AvgIpc) is 2.47. The van der Waals surface area contributed by atoms with Gasteiger partial charge in [0.05, 0.1) is 11.5 Å². The highest BCUT2D eigenvalue weighted by Crippen LogP contribution is 2.48. The summed E-state index contributed by atoms with van der Waals surface area (Å²) in [6.45, 7) is 3.14. The molecule has 0 radical (unpaired) electrons. The minimum Gasteiger partial charge on any atom is -0.481 e. The fourth-order valence-electron chi connectivity index (χ4n) is 5.23. The third-order valence-electron chi connectivity index (χ3n) is 6.38. The third kappa shape index (κ3) is 3.28. The average molecular weight is 294 g/mol. The maximum Gasteiger partial charge on any atom is 0.306 e. The smallest absolute Gasteiger partial charge is 0.306 e. The van der Waals surface area contributed by atoms with Crippen molar-refractivity contribution in [2.24, 2.45) is 23.7 Å². The Morgan fingerprint density at radius 3 is 2.62 bits per heavy atom.